The Labute approximate surface area is 189 Å². The highest BCUT2D eigenvalue weighted by molar-refractivity contribution is 7.09. The molecule has 0 spiro atoms. The Morgan fingerprint density at radius 1 is 1.22 bits per heavy atom. The molecule has 166 valence electrons. The maximum Gasteiger partial charge on any atom is 0.265 e. The summed E-state index contributed by atoms with van der Waals surface area (Å²) < 4.78 is 24.4. The van der Waals surface area contributed by atoms with Gasteiger partial charge >= 0.3 is 0 Å². The van der Waals surface area contributed by atoms with Crippen LogP contribution in [-0.2, 0) is 22.6 Å². The van der Waals surface area contributed by atoms with E-state index in [0.29, 0.717) is 27.9 Å². The van der Waals surface area contributed by atoms with Crippen molar-refractivity contribution in [2.45, 2.75) is 19.1 Å². The zero-order valence-corrected chi connectivity index (χ0v) is 18.5. The molecule has 0 bridgehead atoms. The molecule has 32 heavy (non-hydrogen) atoms. The van der Waals surface area contributed by atoms with Gasteiger partial charge in [-0.3, -0.25) is 9.59 Å². The van der Waals surface area contributed by atoms with Crippen molar-refractivity contribution >= 4 is 28.8 Å². The molecule has 0 N–H and O–H groups in total. The number of hydrogen-bond acceptors (Lipinski definition) is 6. The highest BCUT2D eigenvalue weighted by atomic mass is 32.1. The van der Waals surface area contributed by atoms with Crippen molar-refractivity contribution in [2.24, 2.45) is 0 Å². The molecule has 1 aliphatic rings. The molecule has 7 nitrogen and oxygen atoms in total. The fraction of sp³-hybridized carbons (Fsp3) is 0.261. The number of para-hydroxylation sites is 2. The third-order valence-corrected chi connectivity index (χ3v) is 5.77. The van der Waals surface area contributed by atoms with E-state index in [1.165, 1.54) is 28.4 Å². The fourth-order valence-corrected chi connectivity index (χ4v) is 4.01. The van der Waals surface area contributed by atoms with Gasteiger partial charge < -0.3 is 19.3 Å². The van der Waals surface area contributed by atoms with Crippen LogP contribution in [0, 0.1) is 5.82 Å². The van der Waals surface area contributed by atoms with Crippen molar-refractivity contribution in [3.8, 4) is 11.5 Å². The van der Waals surface area contributed by atoms with Crippen LogP contribution in [0.4, 0.5) is 10.1 Å². The van der Waals surface area contributed by atoms with Gasteiger partial charge in [0, 0.05) is 19.5 Å². The third-order valence-electron chi connectivity index (χ3n) is 4.90. The Hall–Kier alpha value is -3.46. The summed E-state index contributed by atoms with van der Waals surface area (Å²) in [6, 6.07) is 12.9. The molecule has 1 aromatic heterocycles. The molecule has 2 heterocycles. The predicted molar refractivity (Wildman–Crippen MR) is 118 cm³/mol. The minimum Gasteiger partial charge on any atom is -0.486 e. The summed E-state index contributed by atoms with van der Waals surface area (Å²) >= 11 is 1.39. The van der Waals surface area contributed by atoms with Crippen LogP contribution in [0.1, 0.15) is 10.7 Å². The molecule has 2 aromatic carbocycles. The lowest BCUT2D eigenvalue weighted by Gasteiger charge is -2.35. The summed E-state index contributed by atoms with van der Waals surface area (Å²) in [7, 11) is 3.31. The summed E-state index contributed by atoms with van der Waals surface area (Å²) in [4.78, 5) is 33.1. The van der Waals surface area contributed by atoms with E-state index in [1.807, 2.05) is 11.4 Å². The quantitative estimate of drug-likeness (QED) is 0.571. The Balaban J connectivity index is 1.44. The standard InChI is InChI=1S/C23H22FN3O4S/c1-26(2)23(29)20-12-27(18-5-3-4-6-19(18)31-20)22(28)11-16-14-32-21(25-16)13-30-17-9-7-15(24)8-10-17/h3-10,14,20H,11-13H2,1-2H3/t20-/m0/s1. The largest absolute Gasteiger partial charge is 0.486 e. The van der Waals surface area contributed by atoms with Crippen LogP contribution in [0.15, 0.2) is 53.9 Å². The molecule has 3 aromatic rings. The smallest absolute Gasteiger partial charge is 0.265 e. The first kappa shape index (κ1) is 21.8. The van der Waals surface area contributed by atoms with Crippen molar-refractivity contribution in [3.63, 3.8) is 0 Å². The second-order valence-electron chi connectivity index (χ2n) is 7.46. The van der Waals surface area contributed by atoms with Gasteiger partial charge in [-0.2, -0.15) is 0 Å². The van der Waals surface area contributed by atoms with Crippen molar-refractivity contribution in [3.05, 3.63) is 70.4 Å². The topological polar surface area (TPSA) is 72.0 Å². The van der Waals surface area contributed by atoms with Gasteiger partial charge in [0.25, 0.3) is 5.91 Å². The average molecular weight is 456 g/mol. The fourth-order valence-electron chi connectivity index (χ4n) is 3.31. The van der Waals surface area contributed by atoms with E-state index >= 15 is 0 Å². The lowest BCUT2D eigenvalue weighted by atomic mass is 10.1. The number of amides is 2. The SMILES string of the molecule is CN(C)C(=O)[C@@H]1CN(C(=O)Cc2csc(COc3ccc(F)cc3)n2)c2ccccc2O1. The predicted octanol–water partition coefficient (Wildman–Crippen LogP) is 3.29. The number of nitrogens with zero attached hydrogens (tertiary/aromatic N) is 3. The number of carbonyl (C=O) groups excluding carboxylic acids is 2. The van der Waals surface area contributed by atoms with Crippen LogP contribution >= 0.6 is 11.3 Å². The summed E-state index contributed by atoms with van der Waals surface area (Å²) in [6.07, 6.45) is -0.677. The van der Waals surface area contributed by atoms with Gasteiger partial charge in [0.05, 0.1) is 24.3 Å². The summed E-state index contributed by atoms with van der Waals surface area (Å²) in [5.41, 5.74) is 1.26. The van der Waals surface area contributed by atoms with Crippen molar-refractivity contribution in [2.75, 3.05) is 25.5 Å². The Morgan fingerprint density at radius 3 is 2.72 bits per heavy atom. The molecule has 1 atom stereocenters. The lowest BCUT2D eigenvalue weighted by molar-refractivity contribution is -0.136. The number of ether oxygens (including phenoxy) is 2. The minimum atomic E-state index is -0.765. The van der Waals surface area contributed by atoms with Gasteiger partial charge in [0.1, 0.15) is 28.9 Å². The third kappa shape index (κ3) is 4.88. The molecule has 1 aliphatic heterocycles. The van der Waals surface area contributed by atoms with E-state index in [1.54, 1.807) is 49.3 Å². The number of benzene rings is 2. The molecular weight excluding hydrogens is 433 g/mol. The molecule has 0 unspecified atom stereocenters. The van der Waals surface area contributed by atoms with Gasteiger partial charge in [0.15, 0.2) is 6.10 Å². The van der Waals surface area contributed by atoms with Crippen LogP contribution in [0.3, 0.4) is 0 Å². The summed E-state index contributed by atoms with van der Waals surface area (Å²) in [5, 5.41) is 2.52. The van der Waals surface area contributed by atoms with Gasteiger partial charge in [-0.1, -0.05) is 12.1 Å². The number of aromatic nitrogens is 1. The van der Waals surface area contributed by atoms with Gasteiger partial charge in [0.2, 0.25) is 5.91 Å². The Kier molecular flexibility index (Phi) is 6.36. The van der Waals surface area contributed by atoms with Gasteiger partial charge in [-0.15, -0.1) is 11.3 Å². The number of halogens is 1. The van der Waals surface area contributed by atoms with E-state index in [-0.39, 0.29) is 37.2 Å². The van der Waals surface area contributed by atoms with Crippen molar-refractivity contribution in [1.82, 2.24) is 9.88 Å². The van der Waals surface area contributed by atoms with Crippen LogP contribution in [-0.4, -0.2) is 48.4 Å². The molecule has 4 rings (SSSR count). The number of rotatable bonds is 6. The lowest BCUT2D eigenvalue weighted by Crippen LogP contribution is -2.50. The van der Waals surface area contributed by atoms with Crippen LogP contribution in [0.5, 0.6) is 11.5 Å². The zero-order chi connectivity index (χ0) is 22.7. The van der Waals surface area contributed by atoms with Gasteiger partial charge in [-0.05, 0) is 36.4 Å². The van der Waals surface area contributed by atoms with E-state index < -0.39 is 6.10 Å². The normalized spacial score (nSPS) is 15.0. The summed E-state index contributed by atoms with van der Waals surface area (Å²) in [6.45, 7) is 0.363. The first-order chi connectivity index (χ1) is 15.4. The molecular formula is C23H22FN3O4S. The van der Waals surface area contributed by atoms with Crippen LogP contribution in [0.25, 0.3) is 0 Å². The van der Waals surface area contributed by atoms with Crippen LogP contribution < -0.4 is 14.4 Å². The summed E-state index contributed by atoms with van der Waals surface area (Å²) in [5.74, 6) is 0.339. The molecule has 0 fully saturated rings. The van der Waals surface area contributed by atoms with E-state index in [2.05, 4.69) is 4.98 Å². The maximum atomic E-state index is 13.1. The molecule has 2 amide bonds. The minimum absolute atomic E-state index is 0.0876. The number of hydrogen-bond donors (Lipinski definition) is 0. The molecule has 0 saturated carbocycles. The zero-order valence-electron chi connectivity index (χ0n) is 17.7. The van der Waals surface area contributed by atoms with Gasteiger partial charge in [-0.25, -0.2) is 9.37 Å². The monoisotopic (exact) mass is 455 g/mol. The second-order valence-corrected chi connectivity index (χ2v) is 8.41. The van der Waals surface area contributed by atoms with E-state index in [4.69, 9.17) is 9.47 Å². The second kappa shape index (κ2) is 9.35. The highest BCUT2D eigenvalue weighted by Crippen LogP contribution is 2.34. The van der Waals surface area contributed by atoms with Crippen LogP contribution in [0.2, 0.25) is 0 Å². The molecule has 0 aliphatic carbocycles. The number of fused-ring (bicyclic) bond motifs is 1. The maximum absolute atomic E-state index is 13.1. The van der Waals surface area contributed by atoms with Crippen molar-refractivity contribution < 1.29 is 23.5 Å². The highest BCUT2D eigenvalue weighted by Gasteiger charge is 2.34. The van der Waals surface area contributed by atoms with E-state index in [9.17, 15) is 14.0 Å². The first-order valence-corrected chi connectivity index (χ1v) is 10.9. The molecule has 0 saturated heterocycles. The first-order valence-electron chi connectivity index (χ1n) is 9.99. The average Bonchev–Trinajstić information content (AvgIpc) is 3.24. The number of likely N-dealkylation sites (N-methyl/N-ethyl adjacent to an activating group) is 1. The molecule has 0 radical (unpaired) electrons. The molecule has 9 heteroatoms. The number of carbonyl (C=O) groups is 2. The number of anilines is 1. The Morgan fingerprint density at radius 2 is 1.97 bits per heavy atom. The number of thiazole rings is 1. The van der Waals surface area contributed by atoms with E-state index in [0.717, 1.165) is 0 Å². The Bertz CT molecular complexity index is 1120. The van der Waals surface area contributed by atoms with Crippen molar-refractivity contribution in [1.29, 1.82) is 0 Å².